The molecule has 19 heavy (non-hydrogen) atoms. The summed E-state index contributed by atoms with van der Waals surface area (Å²) in [5, 5.41) is 7.34. The summed E-state index contributed by atoms with van der Waals surface area (Å²) < 4.78 is 13.7. The van der Waals surface area contributed by atoms with E-state index in [9.17, 15) is 4.39 Å². The van der Waals surface area contributed by atoms with Crippen LogP contribution >= 0.6 is 0 Å². The second-order valence-electron chi connectivity index (χ2n) is 5.05. The fourth-order valence-corrected chi connectivity index (χ4v) is 2.56. The molecular weight excluding hydrogens is 243 g/mol. The molecule has 0 bridgehead atoms. The van der Waals surface area contributed by atoms with Gasteiger partial charge >= 0.3 is 0 Å². The molecule has 1 atom stereocenters. The van der Waals surface area contributed by atoms with Gasteiger partial charge < -0.3 is 10.6 Å². The van der Waals surface area contributed by atoms with Crippen molar-refractivity contribution in [3.63, 3.8) is 0 Å². The van der Waals surface area contributed by atoms with Crippen LogP contribution in [-0.4, -0.2) is 43.0 Å². The molecule has 0 spiro atoms. The molecule has 1 saturated heterocycles. The number of hydrogen-bond donors (Lipinski definition) is 2. The average Bonchev–Trinajstić information content (AvgIpc) is 2.39. The summed E-state index contributed by atoms with van der Waals surface area (Å²) in [4.78, 5) is 4.38. The number of para-hydroxylation sites is 1. The SMILES string of the molecule is CC(CC(=N)N)N1CCN(c2ccccc2F)CC1. The standard InChI is InChI=1S/C14H21FN4/c1-11(10-14(16)17)18-6-8-19(9-7-18)13-5-3-2-4-12(13)15/h2-5,11H,6-10H2,1H3,(H3,16,17). The first kappa shape index (κ1) is 13.8. The Hall–Kier alpha value is -1.62. The van der Waals surface area contributed by atoms with Gasteiger partial charge in [-0.1, -0.05) is 12.1 Å². The van der Waals surface area contributed by atoms with Crippen LogP contribution in [0.5, 0.6) is 0 Å². The van der Waals surface area contributed by atoms with E-state index in [4.69, 9.17) is 11.1 Å². The van der Waals surface area contributed by atoms with Crippen LogP contribution in [0.1, 0.15) is 13.3 Å². The van der Waals surface area contributed by atoms with Crippen molar-refractivity contribution in [2.24, 2.45) is 5.73 Å². The van der Waals surface area contributed by atoms with E-state index >= 15 is 0 Å². The summed E-state index contributed by atoms with van der Waals surface area (Å²) in [6.07, 6.45) is 0.597. The predicted octanol–water partition coefficient (Wildman–Crippen LogP) is 1.66. The molecule has 1 heterocycles. The van der Waals surface area contributed by atoms with Crippen LogP contribution < -0.4 is 10.6 Å². The summed E-state index contributed by atoms with van der Waals surface area (Å²) in [6.45, 7) is 5.46. The quantitative estimate of drug-likeness (QED) is 0.642. The molecule has 1 aromatic rings. The lowest BCUT2D eigenvalue weighted by molar-refractivity contribution is 0.200. The predicted molar refractivity (Wildman–Crippen MR) is 76.2 cm³/mol. The van der Waals surface area contributed by atoms with E-state index in [2.05, 4.69) is 16.7 Å². The number of anilines is 1. The molecule has 0 aliphatic carbocycles. The third-order valence-corrected chi connectivity index (χ3v) is 3.65. The first-order valence-corrected chi connectivity index (χ1v) is 6.64. The fourth-order valence-electron chi connectivity index (χ4n) is 2.56. The summed E-state index contributed by atoms with van der Waals surface area (Å²) in [5.41, 5.74) is 6.12. The van der Waals surface area contributed by atoms with Crippen molar-refractivity contribution in [1.29, 1.82) is 5.41 Å². The zero-order valence-corrected chi connectivity index (χ0v) is 11.3. The smallest absolute Gasteiger partial charge is 0.146 e. The summed E-state index contributed by atoms with van der Waals surface area (Å²) in [5.74, 6) is 0.0665. The van der Waals surface area contributed by atoms with Crippen LogP contribution in [0.25, 0.3) is 0 Å². The van der Waals surface area contributed by atoms with Gasteiger partial charge in [-0.15, -0.1) is 0 Å². The number of amidine groups is 1. The van der Waals surface area contributed by atoms with Crippen molar-refractivity contribution in [3.05, 3.63) is 30.1 Å². The van der Waals surface area contributed by atoms with Crippen molar-refractivity contribution in [1.82, 2.24) is 4.90 Å². The van der Waals surface area contributed by atoms with Crippen molar-refractivity contribution in [2.75, 3.05) is 31.1 Å². The summed E-state index contributed by atoms with van der Waals surface area (Å²) >= 11 is 0. The highest BCUT2D eigenvalue weighted by Crippen LogP contribution is 2.20. The molecule has 1 aliphatic heterocycles. The van der Waals surface area contributed by atoms with Crippen LogP contribution in [-0.2, 0) is 0 Å². The van der Waals surface area contributed by atoms with Gasteiger partial charge in [0.2, 0.25) is 0 Å². The van der Waals surface area contributed by atoms with Gasteiger partial charge in [-0.3, -0.25) is 10.3 Å². The van der Waals surface area contributed by atoms with Gasteiger partial charge in [-0.25, -0.2) is 4.39 Å². The number of nitrogens with zero attached hydrogens (tertiary/aromatic N) is 2. The summed E-state index contributed by atoms with van der Waals surface area (Å²) in [6, 6.07) is 7.18. The largest absolute Gasteiger partial charge is 0.388 e. The minimum Gasteiger partial charge on any atom is -0.388 e. The van der Waals surface area contributed by atoms with Crippen molar-refractivity contribution < 1.29 is 4.39 Å². The topological polar surface area (TPSA) is 56.4 Å². The number of benzene rings is 1. The Bertz CT molecular complexity index is 441. The van der Waals surface area contributed by atoms with Crippen LogP contribution in [0.15, 0.2) is 24.3 Å². The maximum atomic E-state index is 13.7. The van der Waals surface area contributed by atoms with Crippen LogP contribution in [0.4, 0.5) is 10.1 Å². The zero-order valence-electron chi connectivity index (χ0n) is 11.3. The highest BCUT2D eigenvalue weighted by Gasteiger charge is 2.22. The van der Waals surface area contributed by atoms with Gasteiger partial charge in [0.05, 0.1) is 11.5 Å². The number of piperazine rings is 1. The molecule has 104 valence electrons. The molecule has 0 radical (unpaired) electrons. The monoisotopic (exact) mass is 264 g/mol. The van der Waals surface area contributed by atoms with Gasteiger partial charge in [-0.2, -0.15) is 0 Å². The lowest BCUT2D eigenvalue weighted by atomic mass is 10.1. The normalized spacial score (nSPS) is 18.3. The van der Waals surface area contributed by atoms with Crippen LogP contribution in [0.2, 0.25) is 0 Å². The molecule has 0 aromatic heterocycles. The Labute approximate surface area is 113 Å². The lowest BCUT2D eigenvalue weighted by Gasteiger charge is -2.39. The molecule has 5 heteroatoms. The average molecular weight is 264 g/mol. The number of rotatable bonds is 4. The Balaban J connectivity index is 1.92. The molecule has 0 saturated carbocycles. The summed E-state index contributed by atoms with van der Waals surface area (Å²) in [7, 11) is 0. The maximum Gasteiger partial charge on any atom is 0.146 e. The van der Waals surface area contributed by atoms with Crippen LogP contribution in [0.3, 0.4) is 0 Å². The zero-order chi connectivity index (χ0) is 13.8. The van der Waals surface area contributed by atoms with Gasteiger partial charge in [-0.05, 0) is 19.1 Å². The third kappa shape index (κ3) is 3.44. The maximum absolute atomic E-state index is 13.7. The first-order chi connectivity index (χ1) is 9.08. The van der Waals surface area contributed by atoms with E-state index in [1.807, 2.05) is 12.1 Å². The van der Waals surface area contributed by atoms with Gasteiger partial charge in [0.15, 0.2) is 0 Å². The lowest BCUT2D eigenvalue weighted by Crippen LogP contribution is -2.50. The molecular formula is C14H21FN4. The van der Waals surface area contributed by atoms with Crippen LogP contribution in [0, 0.1) is 11.2 Å². The highest BCUT2D eigenvalue weighted by atomic mass is 19.1. The molecule has 2 rings (SSSR count). The number of hydrogen-bond acceptors (Lipinski definition) is 3. The van der Waals surface area contributed by atoms with Gasteiger partial charge in [0.25, 0.3) is 0 Å². The van der Waals surface area contributed by atoms with Gasteiger partial charge in [0.1, 0.15) is 5.82 Å². The first-order valence-electron chi connectivity index (χ1n) is 6.64. The molecule has 3 N–H and O–H groups in total. The molecule has 4 nitrogen and oxygen atoms in total. The van der Waals surface area contributed by atoms with E-state index in [-0.39, 0.29) is 17.7 Å². The Morgan fingerprint density at radius 3 is 2.53 bits per heavy atom. The van der Waals surface area contributed by atoms with Gasteiger partial charge in [0, 0.05) is 38.6 Å². The molecule has 1 aliphatic rings. The van der Waals surface area contributed by atoms with E-state index in [0.717, 1.165) is 26.2 Å². The molecule has 0 amide bonds. The highest BCUT2D eigenvalue weighted by molar-refractivity contribution is 5.77. The van der Waals surface area contributed by atoms with E-state index in [1.54, 1.807) is 6.07 Å². The minimum atomic E-state index is -0.160. The van der Waals surface area contributed by atoms with Crippen molar-refractivity contribution in [3.8, 4) is 0 Å². The minimum absolute atomic E-state index is 0.160. The van der Waals surface area contributed by atoms with Crippen molar-refractivity contribution >= 4 is 11.5 Å². The van der Waals surface area contributed by atoms with E-state index in [1.165, 1.54) is 6.07 Å². The Kier molecular flexibility index (Phi) is 4.37. The number of halogens is 1. The molecule has 1 unspecified atom stereocenters. The van der Waals surface area contributed by atoms with Crippen molar-refractivity contribution in [2.45, 2.75) is 19.4 Å². The number of nitrogens with two attached hydrogens (primary N) is 1. The Morgan fingerprint density at radius 2 is 1.95 bits per heavy atom. The van der Waals surface area contributed by atoms with E-state index in [0.29, 0.717) is 12.1 Å². The van der Waals surface area contributed by atoms with E-state index < -0.39 is 0 Å². The second-order valence-corrected chi connectivity index (χ2v) is 5.05. The number of nitrogens with one attached hydrogen (secondary N) is 1. The Morgan fingerprint density at radius 1 is 1.32 bits per heavy atom. The molecule has 1 fully saturated rings. The molecule has 1 aromatic carbocycles. The second kappa shape index (κ2) is 6.02. The third-order valence-electron chi connectivity index (χ3n) is 3.65. The fraction of sp³-hybridized carbons (Fsp3) is 0.500.